The van der Waals surface area contributed by atoms with Gasteiger partial charge in [-0.1, -0.05) is 6.07 Å². The fourth-order valence-corrected chi connectivity index (χ4v) is 2.98. The molecular weight excluding hydrogens is 344 g/mol. The molecule has 0 saturated heterocycles. The highest BCUT2D eigenvalue weighted by Gasteiger charge is 2.14. The van der Waals surface area contributed by atoms with Crippen molar-refractivity contribution in [1.29, 1.82) is 0 Å². The van der Waals surface area contributed by atoms with E-state index in [4.69, 9.17) is 21.9 Å². The van der Waals surface area contributed by atoms with Crippen molar-refractivity contribution in [3.05, 3.63) is 48.5 Å². The molecular formula is C15H18N6O3S. The highest BCUT2D eigenvalue weighted by molar-refractivity contribution is 7.92. The molecule has 0 bridgehead atoms. The van der Waals surface area contributed by atoms with Crippen molar-refractivity contribution in [2.75, 3.05) is 11.8 Å². The van der Waals surface area contributed by atoms with Gasteiger partial charge >= 0.3 is 0 Å². The Kier molecular flexibility index (Phi) is 5.45. The minimum Gasteiger partial charge on any atom is -0.497 e. The van der Waals surface area contributed by atoms with E-state index < -0.39 is 10.0 Å². The third kappa shape index (κ3) is 5.11. The van der Waals surface area contributed by atoms with Gasteiger partial charge in [0.05, 0.1) is 17.7 Å². The number of hydrogen-bond donors (Lipinski definition) is 4. The standard InChI is InChI=1S/C15H18N6O3S/c1-24-12-7-5-10(6-8-12)21-25(22,23)13-4-2-3-11(9-13)19-15(18)20-14(16)17/h2-9,21H,1H3,(H6,16,17,18,19,20). The second-order valence-corrected chi connectivity index (χ2v) is 6.52. The first-order valence-corrected chi connectivity index (χ1v) is 8.49. The lowest BCUT2D eigenvalue weighted by Crippen LogP contribution is -2.26. The summed E-state index contributed by atoms with van der Waals surface area (Å²) in [5, 5.41) is 0. The molecule has 2 aromatic rings. The van der Waals surface area contributed by atoms with E-state index in [1.165, 1.54) is 25.3 Å². The Morgan fingerprint density at radius 3 is 2.36 bits per heavy atom. The van der Waals surface area contributed by atoms with E-state index in [9.17, 15) is 8.42 Å². The van der Waals surface area contributed by atoms with Crippen molar-refractivity contribution in [2.45, 2.75) is 4.90 Å². The van der Waals surface area contributed by atoms with E-state index in [2.05, 4.69) is 14.7 Å². The van der Waals surface area contributed by atoms with E-state index in [0.29, 0.717) is 17.1 Å². The molecule has 0 atom stereocenters. The second-order valence-electron chi connectivity index (χ2n) is 4.84. The topological polar surface area (TPSA) is 158 Å². The average molecular weight is 362 g/mol. The van der Waals surface area contributed by atoms with Gasteiger partial charge in [-0.25, -0.2) is 13.4 Å². The molecule has 132 valence electrons. The monoisotopic (exact) mass is 362 g/mol. The van der Waals surface area contributed by atoms with Crippen LogP contribution in [0.1, 0.15) is 0 Å². The van der Waals surface area contributed by atoms with Crippen molar-refractivity contribution < 1.29 is 13.2 Å². The first kappa shape index (κ1) is 18.1. The van der Waals surface area contributed by atoms with E-state index in [-0.39, 0.29) is 16.8 Å². The number of methoxy groups -OCH3 is 1. The van der Waals surface area contributed by atoms with Gasteiger partial charge in [-0.05, 0) is 42.5 Å². The summed E-state index contributed by atoms with van der Waals surface area (Å²) in [6.07, 6.45) is 0. The number of nitrogens with one attached hydrogen (secondary N) is 1. The Morgan fingerprint density at radius 1 is 1.08 bits per heavy atom. The molecule has 0 radical (unpaired) electrons. The third-order valence-electron chi connectivity index (χ3n) is 2.96. The maximum Gasteiger partial charge on any atom is 0.261 e. The number of anilines is 1. The summed E-state index contributed by atoms with van der Waals surface area (Å²) in [7, 11) is -2.27. The number of nitrogens with two attached hydrogens (primary N) is 3. The largest absolute Gasteiger partial charge is 0.497 e. The van der Waals surface area contributed by atoms with Crippen LogP contribution in [0.15, 0.2) is 63.4 Å². The maximum absolute atomic E-state index is 12.5. The van der Waals surface area contributed by atoms with Gasteiger partial charge in [-0.3, -0.25) is 4.72 Å². The number of ether oxygens (including phenoxy) is 1. The van der Waals surface area contributed by atoms with Crippen LogP contribution in [0.25, 0.3) is 0 Å². The Labute approximate surface area is 145 Å². The highest BCUT2D eigenvalue weighted by Crippen LogP contribution is 2.22. The molecule has 0 aliphatic rings. The Morgan fingerprint density at radius 2 is 1.76 bits per heavy atom. The van der Waals surface area contributed by atoms with Gasteiger partial charge in [0.1, 0.15) is 5.75 Å². The summed E-state index contributed by atoms with van der Waals surface area (Å²) in [6, 6.07) is 12.4. The first-order valence-electron chi connectivity index (χ1n) is 7.01. The van der Waals surface area contributed by atoms with Gasteiger partial charge in [0.15, 0.2) is 5.96 Å². The van der Waals surface area contributed by atoms with Crippen molar-refractivity contribution in [3.63, 3.8) is 0 Å². The van der Waals surface area contributed by atoms with Gasteiger partial charge in [-0.15, -0.1) is 0 Å². The average Bonchev–Trinajstić information content (AvgIpc) is 2.54. The molecule has 2 aromatic carbocycles. The lowest BCUT2D eigenvalue weighted by Gasteiger charge is -2.09. The van der Waals surface area contributed by atoms with Gasteiger partial charge in [0.2, 0.25) is 5.96 Å². The molecule has 10 heteroatoms. The predicted octanol–water partition coefficient (Wildman–Crippen LogP) is 0.716. The molecule has 0 unspecified atom stereocenters. The number of sulfonamides is 1. The molecule has 0 aliphatic heterocycles. The summed E-state index contributed by atoms with van der Waals surface area (Å²) in [6.45, 7) is 0. The van der Waals surface area contributed by atoms with Crippen LogP contribution in [0.2, 0.25) is 0 Å². The molecule has 0 saturated carbocycles. The second kappa shape index (κ2) is 7.53. The van der Waals surface area contributed by atoms with Crippen molar-refractivity contribution in [2.24, 2.45) is 27.2 Å². The summed E-state index contributed by atoms with van der Waals surface area (Å²) in [4.78, 5) is 7.53. The van der Waals surface area contributed by atoms with Crippen LogP contribution in [0.3, 0.4) is 0 Å². The summed E-state index contributed by atoms with van der Waals surface area (Å²) in [5.41, 5.74) is 16.6. The summed E-state index contributed by atoms with van der Waals surface area (Å²) in [5.74, 6) is 0.193. The van der Waals surface area contributed by atoms with Crippen LogP contribution < -0.4 is 26.7 Å². The minimum absolute atomic E-state index is 0.0158. The molecule has 0 fully saturated rings. The van der Waals surface area contributed by atoms with Gasteiger partial charge in [-0.2, -0.15) is 4.99 Å². The van der Waals surface area contributed by atoms with Crippen LogP contribution in [0.4, 0.5) is 11.4 Å². The van der Waals surface area contributed by atoms with Crippen LogP contribution in [-0.2, 0) is 10.0 Å². The van der Waals surface area contributed by atoms with Crippen molar-refractivity contribution >= 4 is 33.3 Å². The van der Waals surface area contributed by atoms with Crippen LogP contribution in [0, 0.1) is 0 Å². The third-order valence-corrected chi connectivity index (χ3v) is 4.34. The van der Waals surface area contributed by atoms with Gasteiger partial charge in [0.25, 0.3) is 10.0 Å². The Hall–Kier alpha value is -3.27. The molecule has 0 spiro atoms. The fraction of sp³-hybridized carbons (Fsp3) is 0.0667. The smallest absolute Gasteiger partial charge is 0.261 e. The molecule has 2 rings (SSSR count). The molecule has 0 aliphatic carbocycles. The molecule has 0 aromatic heterocycles. The fourth-order valence-electron chi connectivity index (χ4n) is 1.88. The van der Waals surface area contributed by atoms with E-state index >= 15 is 0 Å². The first-order chi connectivity index (χ1) is 11.8. The number of guanidine groups is 2. The van der Waals surface area contributed by atoms with Crippen LogP contribution >= 0.6 is 0 Å². The molecule has 9 nitrogen and oxygen atoms in total. The molecule has 0 amide bonds. The van der Waals surface area contributed by atoms with Crippen LogP contribution in [-0.4, -0.2) is 27.4 Å². The number of rotatable bonds is 5. The highest BCUT2D eigenvalue weighted by atomic mass is 32.2. The predicted molar refractivity (Wildman–Crippen MR) is 97.3 cm³/mol. The van der Waals surface area contributed by atoms with E-state index in [1.54, 1.807) is 30.3 Å². The lowest BCUT2D eigenvalue weighted by atomic mass is 10.3. The van der Waals surface area contributed by atoms with Crippen molar-refractivity contribution in [3.8, 4) is 5.75 Å². The molecule has 7 N–H and O–H groups in total. The number of benzene rings is 2. The zero-order valence-electron chi connectivity index (χ0n) is 13.4. The Bertz CT molecular complexity index is 903. The van der Waals surface area contributed by atoms with E-state index in [0.717, 1.165) is 0 Å². The minimum atomic E-state index is -3.80. The lowest BCUT2D eigenvalue weighted by molar-refractivity contribution is 0.415. The maximum atomic E-state index is 12.5. The van der Waals surface area contributed by atoms with Gasteiger partial charge < -0.3 is 21.9 Å². The molecule has 25 heavy (non-hydrogen) atoms. The van der Waals surface area contributed by atoms with Crippen molar-refractivity contribution in [1.82, 2.24) is 0 Å². The van der Waals surface area contributed by atoms with E-state index in [1.807, 2.05) is 0 Å². The zero-order chi connectivity index (χ0) is 18.4. The number of nitrogens with zero attached hydrogens (tertiary/aromatic N) is 2. The zero-order valence-corrected chi connectivity index (χ0v) is 14.2. The summed E-state index contributed by atoms with van der Waals surface area (Å²) >= 11 is 0. The summed E-state index contributed by atoms with van der Waals surface area (Å²) < 4.78 is 32.5. The Balaban J connectivity index is 2.27. The van der Waals surface area contributed by atoms with Crippen LogP contribution in [0.5, 0.6) is 5.75 Å². The normalized spacial score (nSPS) is 11.6. The molecule has 0 heterocycles. The number of aliphatic imine (C=N–C) groups is 2. The SMILES string of the molecule is COc1ccc(NS(=O)(=O)c2cccc(N=C(N)N=C(N)N)c2)cc1. The number of hydrogen-bond acceptors (Lipinski definition) is 4. The quantitative estimate of drug-likeness (QED) is 0.453. The van der Waals surface area contributed by atoms with Gasteiger partial charge in [0, 0.05) is 5.69 Å².